The van der Waals surface area contributed by atoms with Gasteiger partial charge < -0.3 is 9.80 Å². The fourth-order valence-corrected chi connectivity index (χ4v) is 3.18. The molecule has 2 aromatic carbocycles. The summed E-state index contributed by atoms with van der Waals surface area (Å²) in [7, 11) is 0. The molecule has 3 rings (SSSR count). The number of rotatable bonds is 3. The highest BCUT2D eigenvalue weighted by atomic mass is 19.1. The van der Waals surface area contributed by atoms with Crippen molar-refractivity contribution in [2.45, 2.75) is 13.3 Å². The minimum absolute atomic E-state index is 0.00602. The summed E-state index contributed by atoms with van der Waals surface area (Å²) in [6.07, 6.45) is 0.923. The molecule has 4 nitrogen and oxygen atoms in total. The summed E-state index contributed by atoms with van der Waals surface area (Å²) in [6, 6.07) is 14.0. The average molecular weight is 337 g/mol. The second-order valence-corrected chi connectivity index (χ2v) is 6.20. The zero-order valence-corrected chi connectivity index (χ0v) is 14.2. The van der Waals surface area contributed by atoms with Crippen LogP contribution in [0.4, 0.5) is 15.8 Å². The first kappa shape index (κ1) is 17.0. The topological polar surface area (TPSA) is 47.3 Å². The van der Waals surface area contributed by atoms with Gasteiger partial charge in [0, 0.05) is 37.4 Å². The van der Waals surface area contributed by atoms with Gasteiger partial charge in [-0.15, -0.1) is 0 Å². The molecule has 1 fully saturated rings. The van der Waals surface area contributed by atoms with Crippen LogP contribution in [0.2, 0.25) is 0 Å². The van der Waals surface area contributed by atoms with Gasteiger partial charge in [-0.05, 0) is 55.8 Å². The molecule has 0 amide bonds. The van der Waals surface area contributed by atoms with Gasteiger partial charge in [0.05, 0.1) is 11.3 Å². The molecule has 1 heterocycles. The molecule has 128 valence electrons. The average Bonchev–Trinajstić information content (AvgIpc) is 2.88. The Morgan fingerprint density at radius 3 is 2.40 bits per heavy atom. The van der Waals surface area contributed by atoms with Crippen molar-refractivity contribution < 1.29 is 9.18 Å². The van der Waals surface area contributed by atoms with Crippen LogP contribution in [0.15, 0.2) is 42.5 Å². The van der Waals surface area contributed by atoms with Crippen molar-refractivity contribution in [1.29, 1.82) is 5.26 Å². The number of nitrogens with zero attached hydrogens (tertiary/aromatic N) is 3. The smallest absolute Gasteiger partial charge is 0.159 e. The van der Waals surface area contributed by atoms with Gasteiger partial charge in [-0.3, -0.25) is 4.79 Å². The van der Waals surface area contributed by atoms with E-state index >= 15 is 0 Å². The van der Waals surface area contributed by atoms with E-state index in [1.165, 1.54) is 19.1 Å². The SMILES string of the molecule is CC(=O)c1ccc(C#N)c(N2CCCN(c3ccc(F)cc3)CC2)c1. The predicted octanol–water partition coefficient (Wildman–Crippen LogP) is 3.62. The van der Waals surface area contributed by atoms with E-state index in [9.17, 15) is 14.4 Å². The fraction of sp³-hybridized carbons (Fsp3) is 0.300. The standard InChI is InChI=1S/C20H20FN3O/c1-15(25)16-3-4-17(14-22)20(13-16)24-10-2-9-23(11-12-24)19-7-5-18(21)6-8-19/h3-8,13H,2,9-12H2,1H3. The minimum Gasteiger partial charge on any atom is -0.370 e. The molecule has 0 radical (unpaired) electrons. The third kappa shape index (κ3) is 3.80. The maximum absolute atomic E-state index is 13.1. The van der Waals surface area contributed by atoms with Gasteiger partial charge >= 0.3 is 0 Å². The Kier molecular flexibility index (Phi) is 4.99. The summed E-state index contributed by atoms with van der Waals surface area (Å²) in [4.78, 5) is 16.1. The van der Waals surface area contributed by atoms with Gasteiger partial charge in [0.15, 0.2) is 5.78 Å². The van der Waals surface area contributed by atoms with Crippen LogP contribution in [0.1, 0.15) is 29.3 Å². The molecule has 1 aliphatic rings. The Labute approximate surface area is 147 Å². The predicted molar refractivity (Wildman–Crippen MR) is 96.6 cm³/mol. The molecule has 0 saturated carbocycles. The van der Waals surface area contributed by atoms with Gasteiger partial charge in [0.1, 0.15) is 11.9 Å². The van der Waals surface area contributed by atoms with Gasteiger partial charge in [0.2, 0.25) is 0 Å². The van der Waals surface area contributed by atoms with Gasteiger partial charge in [0.25, 0.3) is 0 Å². The molecule has 25 heavy (non-hydrogen) atoms. The molecule has 0 aromatic heterocycles. The number of carbonyl (C=O) groups excluding carboxylic acids is 1. The van der Waals surface area contributed by atoms with Gasteiger partial charge in [-0.25, -0.2) is 4.39 Å². The van der Waals surface area contributed by atoms with E-state index in [-0.39, 0.29) is 11.6 Å². The molecule has 1 aliphatic heterocycles. The maximum atomic E-state index is 13.1. The van der Waals surface area contributed by atoms with Crippen molar-refractivity contribution in [1.82, 2.24) is 0 Å². The Bertz CT molecular complexity index is 811. The van der Waals surface area contributed by atoms with E-state index in [2.05, 4.69) is 15.9 Å². The molecule has 2 aromatic rings. The van der Waals surface area contributed by atoms with E-state index in [1.54, 1.807) is 24.3 Å². The molecule has 1 saturated heterocycles. The van der Waals surface area contributed by atoms with Crippen molar-refractivity contribution in [2.24, 2.45) is 0 Å². The molecule has 0 spiro atoms. The third-order valence-electron chi connectivity index (χ3n) is 4.55. The zero-order chi connectivity index (χ0) is 17.8. The normalized spacial score (nSPS) is 14.8. The van der Waals surface area contributed by atoms with Crippen molar-refractivity contribution >= 4 is 17.2 Å². The minimum atomic E-state index is -0.236. The Hall–Kier alpha value is -2.87. The Morgan fingerprint density at radius 1 is 1.04 bits per heavy atom. The lowest BCUT2D eigenvalue weighted by Gasteiger charge is -2.25. The highest BCUT2D eigenvalue weighted by molar-refractivity contribution is 5.95. The van der Waals surface area contributed by atoms with Crippen LogP contribution in [0.5, 0.6) is 0 Å². The molecular weight excluding hydrogens is 317 g/mol. The molecule has 0 aliphatic carbocycles. The van der Waals surface area contributed by atoms with E-state index in [1.807, 2.05) is 6.07 Å². The molecule has 0 atom stereocenters. The van der Waals surface area contributed by atoms with E-state index in [0.29, 0.717) is 11.1 Å². The van der Waals surface area contributed by atoms with Crippen molar-refractivity contribution in [2.75, 3.05) is 36.0 Å². The number of hydrogen-bond donors (Lipinski definition) is 0. The fourth-order valence-electron chi connectivity index (χ4n) is 3.18. The summed E-state index contributed by atoms with van der Waals surface area (Å²) < 4.78 is 13.1. The van der Waals surface area contributed by atoms with Crippen LogP contribution in [0.3, 0.4) is 0 Å². The first-order valence-corrected chi connectivity index (χ1v) is 8.39. The zero-order valence-electron chi connectivity index (χ0n) is 14.2. The van der Waals surface area contributed by atoms with Gasteiger partial charge in [-0.2, -0.15) is 5.26 Å². The van der Waals surface area contributed by atoms with Crippen LogP contribution < -0.4 is 9.80 Å². The number of ketones is 1. The highest BCUT2D eigenvalue weighted by Gasteiger charge is 2.19. The third-order valence-corrected chi connectivity index (χ3v) is 4.55. The highest BCUT2D eigenvalue weighted by Crippen LogP contribution is 2.25. The first-order chi connectivity index (χ1) is 12.1. The summed E-state index contributed by atoms with van der Waals surface area (Å²) in [5.41, 5.74) is 3.02. The van der Waals surface area contributed by atoms with Crippen LogP contribution in [-0.2, 0) is 0 Å². The number of hydrogen-bond acceptors (Lipinski definition) is 4. The van der Waals surface area contributed by atoms with Crippen LogP contribution in [-0.4, -0.2) is 32.0 Å². The second-order valence-electron chi connectivity index (χ2n) is 6.20. The number of anilines is 2. The monoisotopic (exact) mass is 337 g/mol. The molecule has 5 heteroatoms. The number of halogens is 1. The lowest BCUT2D eigenvalue weighted by Crippen LogP contribution is -2.31. The van der Waals surface area contributed by atoms with Crippen molar-refractivity contribution in [3.8, 4) is 6.07 Å². The van der Waals surface area contributed by atoms with Crippen molar-refractivity contribution in [3.05, 3.63) is 59.4 Å². The Morgan fingerprint density at radius 2 is 1.72 bits per heavy atom. The van der Waals surface area contributed by atoms with Crippen molar-refractivity contribution in [3.63, 3.8) is 0 Å². The van der Waals surface area contributed by atoms with Crippen LogP contribution in [0.25, 0.3) is 0 Å². The maximum Gasteiger partial charge on any atom is 0.159 e. The quantitative estimate of drug-likeness (QED) is 0.803. The molecule has 0 unspecified atom stereocenters. The first-order valence-electron chi connectivity index (χ1n) is 8.39. The number of nitriles is 1. The van der Waals surface area contributed by atoms with E-state index in [4.69, 9.17) is 0 Å². The second kappa shape index (κ2) is 7.35. The summed E-state index contributed by atoms with van der Waals surface area (Å²) in [5.74, 6) is -0.242. The molecule has 0 N–H and O–H groups in total. The number of benzene rings is 2. The largest absolute Gasteiger partial charge is 0.370 e. The number of carbonyl (C=O) groups is 1. The van der Waals surface area contributed by atoms with E-state index < -0.39 is 0 Å². The molecular formula is C20H20FN3O. The Balaban J connectivity index is 1.81. The van der Waals surface area contributed by atoms with Gasteiger partial charge in [-0.1, -0.05) is 0 Å². The van der Waals surface area contributed by atoms with E-state index in [0.717, 1.165) is 44.0 Å². The summed E-state index contributed by atoms with van der Waals surface area (Å²) in [6.45, 7) is 4.74. The lowest BCUT2D eigenvalue weighted by molar-refractivity contribution is 0.101. The summed E-state index contributed by atoms with van der Waals surface area (Å²) in [5, 5.41) is 9.40. The van der Waals surface area contributed by atoms with Crippen LogP contribution in [0, 0.1) is 17.1 Å². The number of Topliss-reactive ketones (excluding diaryl/α,β-unsaturated/α-hetero) is 1. The van der Waals surface area contributed by atoms with Crippen LogP contribution >= 0.6 is 0 Å². The molecule has 0 bridgehead atoms. The lowest BCUT2D eigenvalue weighted by atomic mass is 10.1. The summed E-state index contributed by atoms with van der Waals surface area (Å²) >= 11 is 0.